The van der Waals surface area contributed by atoms with E-state index >= 15 is 0 Å². The van der Waals surface area contributed by atoms with Crippen LogP contribution in [0.2, 0.25) is 5.02 Å². The minimum atomic E-state index is -3.46. The van der Waals surface area contributed by atoms with Crippen LogP contribution >= 0.6 is 11.6 Å². The smallest absolute Gasteiger partial charge is 0.243 e. The van der Waals surface area contributed by atoms with E-state index in [4.69, 9.17) is 11.6 Å². The second kappa shape index (κ2) is 9.88. The van der Waals surface area contributed by atoms with Gasteiger partial charge in [-0.15, -0.1) is 0 Å². The van der Waals surface area contributed by atoms with Gasteiger partial charge < -0.3 is 5.32 Å². The molecular formula is C20H25ClN2O3S. The third kappa shape index (κ3) is 6.06. The number of aryl methyl sites for hydroxylation is 1. The van der Waals surface area contributed by atoms with Crippen molar-refractivity contribution in [2.45, 2.75) is 38.1 Å². The maximum Gasteiger partial charge on any atom is 0.243 e. The van der Waals surface area contributed by atoms with Gasteiger partial charge in [0.15, 0.2) is 0 Å². The molecule has 0 radical (unpaired) electrons. The molecule has 1 N–H and O–H groups in total. The fourth-order valence-electron chi connectivity index (χ4n) is 2.73. The van der Waals surface area contributed by atoms with Crippen LogP contribution in [0.25, 0.3) is 0 Å². The summed E-state index contributed by atoms with van der Waals surface area (Å²) in [5, 5.41) is 3.52. The van der Waals surface area contributed by atoms with Crippen LogP contribution in [-0.2, 0) is 27.8 Å². The molecule has 0 aromatic heterocycles. The van der Waals surface area contributed by atoms with Crippen LogP contribution in [0.4, 0.5) is 0 Å². The number of carbonyl (C=O) groups excluding carboxylic acids is 1. The number of sulfonamides is 1. The highest BCUT2D eigenvalue weighted by Gasteiger charge is 2.21. The van der Waals surface area contributed by atoms with Gasteiger partial charge in [-0.05, 0) is 41.8 Å². The Kier molecular flexibility index (Phi) is 7.83. The van der Waals surface area contributed by atoms with Crippen LogP contribution in [0.3, 0.4) is 0 Å². The summed E-state index contributed by atoms with van der Waals surface area (Å²) in [5.41, 5.74) is 1.87. The maximum absolute atomic E-state index is 12.5. The fraction of sp³-hybridized carbons (Fsp3) is 0.350. The summed E-state index contributed by atoms with van der Waals surface area (Å²) in [6, 6.07) is 14.1. The number of nitrogens with one attached hydrogen (secondary N) is 1. The average Bonchev–Trinajstić information content (AvgIpc) is 2.66. The lowest BCUT2D eigenvalue weighted by Gasteiger charge is -2.18. The highest BCUT2D eigenvalue weighted by molar-refractivity contribution is 7.89. The molecule has 0 spiro atoms. The minimum Gasteiger partial charge on any atom is -0.352 e. The summed E-state index contributed by atoms with van der Waals surface area (Å²) >= 11 is 5.94. The van der Waals surface area contributed by atoms with Crippen molar-refractivity contribution in [1.82, 2.24) is 9.62 Å². The molecule has 5 nitrogen and oxygen atoms in total. The summed E-state index contributed by atoms with van der Waals surface area (Å²) in [5.74, 6) is -0.0604. The first-order valence-electron chi connectivity index (χ1n) is 8.97. The van der Waals surface area contributed by atoms with Crippen molar-refractivity contribution >= 4 is 27.5 Å². The van der Waals surface area contributed by atoms with Gasteiger partial charge in [0.2, 0.25) is 15.9 Å². The molecule has 0 fully saturated rings. The normalized spacial score (nSPS) is 11.6. The van der Waals surface area contributed by atoms with Crippen molar-refractivity contribution < 1.29 is 13.2 Å². The lowest BCUT2D eigenvalue weighted by Crippen LogP contribution is -2.30. The summed E-state index contributed by atoms with van der Waals surface area (Å²) in [6.45, 7) is 4.86. The molecule has 2 aromatic carbocycles. The highest BCUT2D eigenvalue weighted by atomic mass is 35.5. The van der Waals surface area contributed by atoms with Crippen LogP contribution < -0.4 is 5.32 Å². The van der Waals surface area contributed by atoms with Crippen molar-refractivity contribution in [3.8, 4) is 0 Å². The minimum absolute atomic E-state index is 0.0604. The lowest BCUT2D eigenvalue weighted by molar-refractivity contribution is -0.121. The summed E-state index contributed by atoms with van der Waals surface area (Å²) in [7, 11) is -3.46. The zero-order chi connectivity index (χ0) is 19.9. The van der Waals surface area contributed by atoms with Gasteiger partial charge in [0, 0.05) is 31.1 Å². The summed E-state index contributed by atoms with van der Waals surface area (Å²) < 4.78 is 26.3. The number of rotatable bonds is 9. The molecule has 0 aliphatic rings. The number of nitrogens with zero attached hydrogens (tertiary/aromatic N) is 1. The molecule has 0 saturated heterocycles. The average molecular weight is 409 g/mol. The number of hydrogen-bond donors (Lipinski definition) is 1. The van der Waals surface area contributed by atoms with Gasteiger partial charge in [0.05, 0.1) is 4.90 Å². The van der Waals surface area contributed by atoms with Crippen LogP contribution in [-0.4, -0.2) is 31.7 Å². The lowest BCUT2D eigenvalue weighted by atomic mass is 10.1. The van der Waals surface area contributed by atoms with Crippen molar-refractivity contribution in [3.05, 3.63) is 64.7 Å². The van der Waals surface area contributed by atoms with Gasteiger partial charge in [0.1, 0.15) is 0 Å². The standard InChI is InChI=1S/C20H25ClN2O3S/c1-3-23(4-2)27(25,26)19-11-8-17(9-12-19)15-22-20(24)13-10-16-6-5-7-18(21)14-16/h5-9,11-12,14H,3-4,10,13,15H2,1-2H3,(H,22,24). The third-order valence-electron chi connectivity index (χ3n) is 4.29. The van der Waals surface area contributed by atoms with Gasteiger partial charge in [-0.2, -0.15) is 4.31 Å². The molecule has 2 aromatic rings. The Hall–Kier alpha value is -1.89. The molecule has 0 aliphatic carbocycles. The predicted molar refractivity (Wildman–Crippen MR) is 108 cm³/mol. The Balaban J connectivity index is 1.88. The molecule has 0 atom stereocenters. The van der Waals surface area contributed by atoms with E-state index in [-0.39, 0.29) is 10.8 Å². The Bertz CT molecular complexity index is 863. The first-order chi connectivity index (χ1) is 12.9. The van der Waals surface area contributed by atoms with Gasteiger partial charge in [0.25, 0.3) is 0 Å². The van der Waals surface area contributed by atoms with Crippen LogP contribution in [0.5, 0.6) is 0 Å². The quantitative estimate of drug-likeness (QED) is 0.689. The van der Waals surface area contributed by atoms with Crippen molar-refractivity contribution in [2.24, 2.45) is 0 Å². The molecule has 0 heterocycles. The fourth-order valence-corrected chi connectivity index (χ4v) is 4.40. The predicted octanol–water partition coefficient (Wildman–Crippen LogP) is 3.62. The third-order valence-corrected chi connectivity index (χ3v) is 6.59. The molecule has 0 saturated carbocycles. The van der Waals surface area contributed by atoms with Gasteiger partial charge in [-0.3, -0.25) is 4.79 Å². The van der Waals surface area contributed by atoms with E-state index in [1.807, 2.05) is 32.0 Å². The van der Waals surface area contributed by atoms with Crippen molar-refractivity contribution in [1.29, 1.82) is 0 Å². The Labute approximate surface area is 166 Å². The summed E-state index contributed by atoms with van der Waals surface area (Å²) in [6.07, 6.45) is 0.988. The molecule has 0 aliphatic heterocycles. The van der Waals surface area contributed by atoms with E-state index in [1.165, 1.54) is 4.31 Å². The molecule has 27 heavy (non-hydrogen) atoms. The number of halogens is 1. The number of amides is 1. The largest absolute Gasteiger partial charge is 0.352 e. The second-order valence-electron chi connectivity index (χ2n) is 6.14. The number of benzene rings is 2. The van der Waals surface area contributed by atoms with Gasteiger partial charge in [-0.25, -0.2) is 8.42 Å². The van der Waals surface area contributed by atoms with Gasteiger partial charge in [-0.1, -0.05) is 49.7 Å². The topological polar surface area (TPSA) is 66.5 Å². The van der Waals surface area contributed by atoms with Gasteiger partial charge >= 0.3 is 0 Å². The van der Waals surface area contributed by atoms with E-state index in [2.05, 4.69) is 5.32 Å². The van der Waals surface area contributed by atoms with E-state index in [0.29, 0.717) is 37.5 Å². The molecule has 0 bridgehead atoms. The first-order valence-corrected chi connectivity index (χ1v) is 10.8. The maximum atomic E-state index is 12.5. The summed E-state index contributed by atoms with van der Waals surface area (Å²) in [4.78, 5) is 12.3. The molecule has 0 unspecified atom stereocenters. The van der Waals surface area contributed by atoms with Crippen LogP contribution in [0, 0.1) is 0 Å². The van der Waals surface area contributed by atoms with Crippen molar-refractivity contribution in [3.63, 3.8) is 0 Å². The Morgan fingerprint density at radius 1 is 1.04 bits per heavy atom. The zero-order valence-corrected chi connectivity index (χ0v) is 17.2. The van der Waals surface area contributed by atoms with E-state index < -0.39 is 10.0 Å². The van der Waals surface area contributed by atoms with Crippen molar-refractivity contribution in [2.75, 3.05) is 13.1 Å². The molecule has 7 heteroatoms. The molecular weight excluding hydrogens is 384 g/mol. The molecule has 146 valence electrons. The first kappa shape index (κ1) is 21.4. The monoisotopic (exact) mass is 408 g/mol. The Morgan fingerprint density at radius 2 is 1.70 bits per heavy atom. The molecule has 2 rings (SSSR count). The SMILES string of the molecule is CCN(CC)S(=O)(=O)c1ccc(CNC(=O)CCc2cccc(Cl)c2)cc1. The van der Waals surface area contributed by atoms with Crippen LogP contribution in [0.15, 0.2) is 53.4 Å². The number of hydrogen-bond acceptors (Lipinski definition) is 3. The Morgan fingerprint density at radius 3 is 2.30 bits per heavy atom. The highest BCUT2D eigenvalue weighted by Crippen LogP contribution is 2.16. The van der Waals surface area contributed by atoms with E-state index in [1.54, 1.807) is 30.3 Å². The van der Waals surface area contributed by atoms with E-state index in [9.17, 15) is 13.2 Å². The number of carbonyl (C=O) groups is 1. The zero-order valence-electron chi connectivity index (χ0n) is 15.6. The van der Waals surface area contributed by atoms with E-state index in [0.717, 1.165) is 11.1 Å². The second-order valence-corrected chi connectivity index (χ2v) is 8.51. The van der Waals surface area contributed by atoms with Crippen LogP contribution in [0.1, 0.15) is 31.4 Å². The molecule has 1 amide bonds.